The van der Waals surface area contributed by atoms with Crippen LogP contribution in [0.3, 0.4) is 0 Å². The third kappa shape index (κ3) is 5.19. The van der Waals surface area contributed by atoms with Crippen LogP contribution in [-0.4, -0.2) is 49.0 Å². The summed E-state index contributed by atoms with van der Waals surface area (Å²) in [5.74, 6) is -0.600. The van der Waals surface area contributed by atoms with E-state index in [0.29, 0.717) is 16.0 Å². The standard InChI is InChI=1S/C19H21NO4S2/c1-12-9-15(13(2)26-12)16(21)10-24-19(23)14-7-5-6-8-17(14)25-11-18(22)20(3)4/h5-9H,10-11H2,1-4H3. The van der Waals surface area contributed by atoms with E-state index in [1.54, 1.807) is 49.7 Å². The molecule has 1 aromatic carbocycles. The number of esters is 1. The Kier molecular flexibility index (Phi) is 6.99. The number of carbonyl (C=O) groups is 3. The smallest absolute Gasteiger partial charge is 0.339 e. The SMILES string of the molecule is Cc1cc(C(=O)COC(=O)c2ccccc2SCC(=O)N(C)C)c(C)s1. The van der Waals surface area contributed by atoms with Gasteiger partial charge in [-0.2, -0.15) is 0 Å². The summed E-state index contributed by atoms with van der Waals surface area (Å²) >= 11 is 2.81. The first-order chi connectivity index (χ1) is 12.3. The summed E-state index contributed by atoms with van der Waals surface area (Å²) in [7, 11) is 3.37. The number of hydrogen-bond donors (Lipinski definition) is 0. The monoisotopic (exact) mass is 391 g/mol. The van der Waals surface area contributed by atoms with Gasteiger partial charge >= 0.3 is 5.97 Å². The summed E-state index contributed by atoms with van der Waals surface area (Å²) in [4.78, 5) is 40.5. The molecule has 26 heavy (non-hydrogen) atoms. The minimum Gasteiger partial charge on any atom is -0.454 e. The Morgan fingerprint density at radius 2 is 1.81 bits per heavy atom. The van der Waals surface area contributed by atoms with Crippen molar-refractivity contribution in [1.29, 1.82) is 0 Å². The van der Waals surface area contributed by atoms with Crippen LogP contribution in [0.2, 0.25) is 0 Å². The molecule has 0 N–H and O–H groups in total. The third-order valence-electron chi connectivity index (χ3n) is 3.63. The molecule has 0 spiro atoms. The van der Waals surface area contributed by atoms with Crippen LogP contribution < -0.4 is 0 Å². The zero-order chi connectivity index (χ0) is 19.3. The lowest BCUT2D eigenvalue weighted by Crippen LogP contribution is -2.23. The quantitative estimate of drug-likeness (QED) is 0.410. The van der Waals surface area contributed by atoms with E-state index in [2.05, 4.69) is 0 Å². The minimum atomic E-state index is -0.566. The van der Waals surface area contributed by atoms with Crippen molar-refractivity contribution >= 4 is 40.8 Å². The summed E-state index contributed by atoms with van der Waals surface area (Å²) in [6.07, 6.45) is 0. The molecule has 1 heterocycles. The highest BCUT2D eigenvalue weighted by atomic mass is 32.2. The van der Waals surface area contributed by atoms with Crippen LogP contribution in [0.4, 0.5) is 0 Å². The van der Waals surface area contributed by atoms with Gasteiger partial charge in [-0.15, -0.1) is 23.1 Å². The van der Waals surface area contributed by atoms with Crippen molar-refractivity contribution in [3.05, 3.63) is 51.2 Å². The molecule has 2 rings (SSSR count). The molecule has 7 heteroatoms. The Morgan fingerprint density at radius 1 is 1.12 bits per heavy atom. The topological polar surface area (TPSA) is 63.7 Å². The fourth-order valence-electron chi connectivity index (χ4n) is 2.22. The number of amides is 1. The predicted molar refractivity (Wildman–Crippen MR) is 104 cm³/mol. The van der Waals surface area contributed by atoms with Crippen molar-refractivity contribution in [3.63, 3.8) is 0 Å². The molecule has 0 unspecified atom stereocenters. The number of Topliss-reactive ketones (excluding diaryl/α,β-unsaturated/α-hetero) is 1. The Hall–Kier alpha value is -2.12. The fraction of sp³-hybridized carbons (Fsp3) is 0.316. The van der Waals surface area contributed by atoms with Crippen LogP contribution in [-0.2, 0) is 9.53 Å². The van der Waals surface area contributed by atoms with Gasteiger partial charge in [0, 0.05) is 34.3 Å². The highest BCUT2D eigenvalue weighted by Crippen LogP contribution is 2.24. The van der Waals surface area contributed by atoms with E-state index in [4.69, 9.17) is 4.74 Å². The van der Waals surface area contributed by atoms with Gasteiger partial charge in [0.05, 0.1) is 11.3 Å². The van der Waals surface area contributed by atoms with E-state index >= 15 is 0 Å². The third-order valence-corrected chi connectivity index (χ3v) is 5.66. The predicted octanol–water partition coefficient (Wildman–Crippen LogP) is 3.58. The van der Waals surface area contributed by atoms with E-state index in [-0.39, 0.29) is 24.1 Å². The molecule has 0 radical (unpaired) electrons. The number of thioether (sulfide) groups is 1. The maximum Gasteiger partial charge on any atom is 0.339 e. The van der Waals surface area contributed by atoms with Gasteiger partial charge in [-0.25, -0.2) is 4.79 Å². The lowest BCUT2D eigenvalue weighted by Gasteiger charge is -2.11. The van der Waals surface area contributed by atoms with Gasteiger partial charge in [-0.05, 0) is 32.0 Å². The molecule has 5 nitrogen and oxygen atoms in total. The van der Waals surface area contributed by atoms with E-state index in [0.717, 1.165) is 9.75 Å². The molecule has 2 aromatic rings. The molecule has 0 aliphatic heterocycles. The lowest BCUT2D eigenvalue weighted by molar-refractivity contribution is -0.125. The van der Waals surface area contributed by atoms with Crippen LogP contribution >= 0.6 is 23.1 Å². The first-order valence-corrected chi connectivity index (χ1v) is 9.79. The number of nitrogens with zero attached hydrogens (tertiary/aromatic N) is 1. The van der Waals surface area contributed by atoms with Crippen molar-refractivity contribution in [1.82, 2.24) is 4.90 Å². The maximum atomic E-state index is 12.4. The molecule has 138 valence electrons. The zero-order valence-corrected chi connectivity index (χ0v) is 16.8. The Balaban J connectivity index is 2.02. The average Bonchev–Trinajstić information content (AvgIpc) is 2.95. The van der Waals surface area contributed by atoms with Gasteiger partial charge in [0.2, 0.25) is 11.7 Å². The Labute approximate surface area is 161 Å². The number of rotatable bonds is 7. The normalized spacial score (nSPS) is 10.5. The number of aryl methyl sites for hydroxylation is 2. The number of hydrogen-bond acceptors (Lipinski definition) is 6. The second-order valence-electron chi connectivity index (χ2n) is 5.90. The van der Waals surface area contributed by atoms with Crippen LogP contribution in [0, 0.1) is 13.8 Å². The van der Waals surface area contributed by atoms with Crippen molar-refractivity contribution in [3.8, 4) is 0 Å². The van der Waals surface area contributed by atoms with Crippen molar-refractivity contribution < 1.29 is 19.1 Å². The lowest BCUT2D eigenvalue weighted by atomic mass is 10.2. The van der Waals surface area contributed by atoms with Crippen molar-refractivity contribution in [2.24, 2.45) is 0 Å². The van der Waals surface area contributed by atoms with E-state index in [9.17, 15) is 14.4 Å². The maximum absolute atomic E-state index is 12.4. The van der Waals surface area contributed by atoms with Crippen molar-refractivity contribution in [2.45, 2.75) is 18.7 Å². The van der Waals surface area contributed by atoms with Gasteiger partial charge in [0.15, 0.2) is 6.61 Å². The number of thiophene rings is 1. The number of ketones is 1. The molecule has 1 amide bonds. The largest absolute Gasteiger partial charge is 0.454 e. The van der Waals surface area contributed by atoms with Crippen LogP contribution in [0.5, 0.6) is 0 Å². The second-order valence-corrected chi connectivity index (χ2v) is 8.38. The van der Waals surface area contributed by atoms with Crippen LogP contribution in [0.1, 0.15) is 30.5 Å². The molecule has 0 aliphatic rings. The van der Waals surface area contributed by atoms with Crippen LogP contribution in [0.25, 0.3) is 0 Å². The molecule has 0 bridgehead atoms. The first kappa shape index (κ1) is 20.2. The summed E-state index contributed by atoms with van der Waals surface area (Å²) in [5.41, 5.74) is 0.953. The average molecular weight is 392 g/mol. The molecule has 1 aromatic heterocycles. The highest BCUT2D eigenvalue weighted by molar-refractivity contribution is 8.00. The minimum absolute atomic E-state index is 0.0448. The highest BCUT2D eigenvalue weighted by Gasteiger charge is 2.18. The number of ether oxygens (including phenoxy) is 1. The van der Waals surface area contributed by atoms with Gasteiger partial charge in [0.25, 0.3) is 0 Å². The molecular weight excluding hydrogens is 370 g/mol. The molecule has 0 saturated heterocycles. The Morgan fingerprint density at radius 3 is 2.42 bits per heavy atom. The van der Waals surface area contributed by atoms with Gasteiger partial charge < -0.3 is 9.64 Å². The van der Waals surface area contributed by atoms with Crippen LogP contribution in [0.15, 0.2) is 35.2 Å². The van der Waals surface area contributed by atoms with Gasteiger partial charge in [0.1, 0.15) is 0 Å². The molecule has 0 aliphatic carbocycles. The summed E-state index contributed by atoms with van der Waals surface area (Å²) in [6.45, 7) is 3.51. The molecular formula is C19H21NO4S2. The van der Waals surface area contributed by atoms with Crippen molar-refractivity contribution in [2.75, 3.05) is 26.5 Å². The number of carbonyl (C=O) groups excluding carboxylic acids is 3. The molecule has 0 fully saturated rings. The van der Waals surface area contributed by atoms with E-state index in [1.807, 2.05) is 19.9 Å². The first-order valence-electron chi connectivity index (χ1n) is 7.99. The molecule has 0 saturated carbocycles. The summed E-state index contributed by atoms with van der Waals surface area (Å²) in [6, 6.07) is 8.73. The van der Waals surface area contributed by atoms with Gasteiger partial charge in [-0.3, -0.25) is 9.59 Å². The second kappa shape index (κ2) is 9.00. The van der Waals surface area contributed by atoms with E-state index in [1.165, 1.54) is 16.7 Å². The summed E-state index contributed by atoms with van der Waals surface area (Å²) < 4.78 is 5.21. The Bertz CT molecular complexity index is 827. The summed E-state index contributed by atoms with van der Waals surface area (Å²) in [5, 5.41) is 0. The molecule has 0 atom stereocenters. The zero-order valence-electron chi connectivity index (χ0n) is 15.2. The van der Waals surface area contributed by atoms with Gasteiger partial charge in [-0.1, -0.05) is 12.1 Å². The van der Waals surface area contributed by atoms with E-state index < -0.39 is 5.97 Å². The number of benzene rings is 1. The fourth-order valence-corrected chi connectivity index (χ4v) is 4.19.